The van der Waals surface area contributed by atoms with E-state index in [1.807, 2.05) is 90.0 Å². The molecule has 462 valence electrons. The van der Waals surface area contributed by atoms with Crippen molar-refractivity contribution >= 4 is 41.1 Å². The van der Waals surface area contributed by atoms with E-state index in [9.17, 15) is 14.4 Å². The summed E-state index contributed by atoms with van der Waals surface area (Å²) in [6.45, 7) is 38.2. The summed E-state index contributed by atoms with van der Waals surface area (Å²) in [5.41, 5.74) is 9.09. The highest BCUT2D eigenvalue weighted by atomic mass is 16.6. The van der Waals surface area contributed by atoms with Gasteiger partial charge in [0.2, 0.25) is 17.8 Å². The molecule has 3 N–H and O–H groups in total. The number of anilines is 4. The molecule has 0 spiro atoms. The van der Waals surface area contributed by atoms with Gasteiger partial charge in [-0.1, -0.05) is 20.8 Å². The highest BCUT2D eigenvalue weighted by Gasteiger charge is 2.32. The Kier molecular flexibility index (Phi) is 22.7. The van der Waals surface area contributed by atoms with Crippen molar-refractivity contribution in [2.45, 2.75) is 130 Å². The van der Waals surface area contributed by atoms with Gasteiger partial charge in [-0.05, 0) is 155 Å². The third-order valence-electron chi connectivity index (χ3n) is 14.6. The summed E-state index contributed by atoms with van der Waals surface area (Å²) < 4.78 is 30.8. The summed E-state index contributed by atoms with van der Waals surface area (Å²) in [7, 11) is 6.54. The molecule has 0 saturated carbocycles. The zero-order valence-electron chi connectivity index (χ0n) is 54.0. The Morgan fingerprint density at radius 1 is 0.506 bits per heavy atom. The van der Waals surface area contributed by atoms with E-state index in [1.165, 1.54) is 28.7 Å². The molecule has 1 amide bonds. The molecule has 2 aliphatic heterocycles. The summed E-state index contributed by atoms with van der Waals surface area (Å²) in [5.74, 6) is 4.77. The third-order valence-corrected chi connectivity index (χ3v) is 14.6. The first-order valence-electron chi connectivity index (χ1n) is 29.3. The maximum Gasteiger partial charge on any atom is 0.318 e. The van der Waals surface area contributed by atoms with Crippen LogP contribution in [0.5, 0.6) is 23.0 Å². The second kappa shape index (κ2) is 29.0. The van der Waals surface area contributed by atoms with E-state index < -0.39 is 22.8 Å². The Hall–Kier alpha value is -7.55. The fraction of sp³-hybridized carbons (Fsp3) is 0.523. The molecule has 2 fully saturated rings. The van der Waals surface area contributed by atoms with Crippen LogP contribution in [0.1, 0.15) is 120 Å². The smallest absolute Gasteiger partial charge is 0.318 e. The summed E-state index contributed by atoms with van der Waals surface area (Å²) in [5, 5.41) is 10.1. The average Bonchev–Trinajstić information content (AvgIpc) is 4.05. The molecule has 0 bridgehead atoms. The number of rotatable bonds is 14. The van der Waals surface area contributed by atoms with E-state index in [4.69, 9.17) is 33.7 Å². The number of hydrogen-bond acceptors (Lipinski definition) is 17. The highest BCUT2D eigenvalue weighted by Crippen LogP contribution is 2.36. The zero-order valence-corrected chi connectivity index (χ0v) is 54.0. The number of nitrogens with one attached hydrogen (secondary N) is 3. The fourth-order valence-electron chi connectivity index (χ4n) is 9.73. The molecule has 0 unspecified atom stereocenters. The Balaban J connectivity index is 0.000000228. The molecular weight excluding hydrogens is 1080 g/mol. The Bertz CT molecular complexity index is 3230. The molecular formula is C65H94N12O8. The van der Waals surface area contributed by atoms with Crippen molar-refractivity contribution in [2.75, 3.05) is 91.4 Å². The number of amides is 1. The predicted molar refractivity (Wildman–Crippen MR) is 335 cm³/mol. The normalized spacial score (nSPS) is 14.4. The molecule has 8 rings (SSSR count). The van der Waals surface area contributed by atoms with Crippen LogP contribution >= 0.6 is 0 Å². The van der Waals surface area contributed by atoms with Crippen molar-refractivity contribution in [2.24, 2.45) is 16.2 Å². The van der Waals surface area contributed by atoms with Crippen LogP contribution in [0.25, 0.3) is 11.6 Å². The van der Waals surface area contributed by atoms with Crippen molar-refractivity contribution in [3.63, 3.8) is 0 Å². The Morgan fingerprint density at radius 3 is 1.38 bits per heavy atom. The summed E-state index contributed by atoms with van der Waals surface area (Å²) >= 11 is 0. The molecule has 0 atom stereocenters. The van der Waals surface area contributed by atoms with Crippen LogP contribution in [0.15, 0.2) is 61.4 Å². The van der Waals surface area contributed by atoms with Gasteiger partial charge in [-0.2, -0.15) is 9.97 Å². The molecule has 2 saturated heterocycles. The lowest BCUT2D eigenvalue weighted by molar-refractivity contribution is -0.171. The van der Waals surface area contributed by atoms with Gasteiger partial charge >= 0.3 is 11.9 Å². The van der Waals surface area contributed by atoms with Gasteiger partial charge in [0.25, 0.3) is 0 Å². The number of aromatic nitrogens is 6. The lowest BCUT2D eigenvalue weighted by Crippen LogP contribution is -2.41. The van der Waals surface area contributed by atoms with Crippen LogP contribution < -0.4 is 34.9 Å². The van der Waals surface area contributed by atoms with Crippen molar-refractivity contribution in [3.8, 4) is 34.6 Å². The van der Waals surface area contributed by atoms with Crippen molar-refractivity contribution in [1.29, 1.82) is 0 Å². The molecule has 2 aromatic carbocycles. The number of hydrogen-bond donors (Lipinski definition) is 3. The molecule has 6 aromatic rings. The van der Waals surface area contributed by atoms with Crippen LogP contribution in [0.2, 0.25) is 0 Å². The second-order valence-corrected chi connectivity index (χ2v) is 25.2. The summed E-state index contributed by atoms with van der Waals surface area (Å²) in [6.07, 6.45) is 14.5. The van der Waals surface area contributed by atoms with Crippen LogP contribution in [0.4, 0.5) is 23.3 Å². The number of esters is 2. The SMILES string of the molecule is CC(C)(C)C(=O)OC(=O)C(C)(C)C.COc1cc(Nc2ncc(C)c(-n3cc(C)c(CN4CCCN(C(=O)C(C)(C)C)CC4)c3)n2)cc(C)c1OC.COc1cc(Nc2ncc(C)c(-n3cc(C)c(CN4CCCNCC4)c3)n2)cc(C)c1OC. The minimum absolute atomic E-state index is 0.235. The molecule has 0 radical (unpaired) electrons. The number of nitrogens with zero attached hydrogens (tertiary/aromatic N) is 9. The maximum absolute atomic E-state index is 12.8. The van der Waals surface area contributed by atoms with Crippen molar-refractivity contribution in [1.82, 2.24) is 49.1 Å². The number of benzene rings is 2. The maximum atomic E-state index is 12.8. The fourth-order valence-corrected chi connectivity index (χ4v) is 9.73. The molecule has 2 aliphatic rings. The van der Waals surface area contributed by atoms with Gasteiger partial charge in [0, 0.05) is 130 Å². The standard InChI is InChI=1S/C30H42N6O3.C25H34N6O2.C10H18O3/c1-20-14-24(15-25(38-7)26(20)39-8)32-29-31-16-21(2)27(33-29)36-17-22(3)23(19-36)18-34-10-9-11-35(13-12-34)28(37)30(4,5)6;1-17-11-21(12-22(32-4)23(17)33-5)28-25-27-13-18(2)24(29-25)31-14-19(3)20(16-31)15-30-9-6-7-26-8-10-30;1-9(2,3)7(11)13-8(12)10(4,5)6/h14-17,19H,9-13,18H2,1-8H3,(H,31,32,33);11-14,16,26H,6-10,15H2,1-5H3,(H,27,28,29);1-6H3. The third kappa shape index (κ3) is 18.2. The highest BCUT2D eigenvalue weighted by molar-refractivity contribution is 5.90. The first kappa shape index (κ1) is 66.6. The van der Waals surface area contributed by atoms with Crippen LogP contribution in [0, 0.1) is 57.8 Å². The quantitative estimate of drug-likeness (QED) is 0.0685. The number of carbonyl (C=O) groups excluding carboxylic acids is 3. The number of methoxy groups -OCH3 is 4. The molecule has 4 aromatic heterocycles. The number of aryl methyl sites for hydroxylation is 6. The van der Waals surface area contributed by atoms with E-state index in [0.717, 1.165) is 123 Å². The van der Waals surface area contributed by atoms with Crippen LogP contribution in [-0.4, -0.2) is 142 Å². The van der Waals surface area contributed by atoms with E-state index >= 15 is 0 Å². The topological polar surface area (TPSA) is 205 Å². The van der Waals surface area contributed by atoms with Crippen LogP contribution in [0.3, 0.4) is 0 Å². The lowest BCUT2D eigenvalue weighted by atomic mass is 9.94. The minimum atomic E-state index is -0.624. The van der Waals surface area contributed by atoms with Crippen LogP contribution in [-0.2, 0) is 32.2 Å². The number of ether oxygens (including phenoxy) is 5. The first-order chi connectivity index (χ1) is 40.0. The first-order valence-corrected chi connectivity index (χ1v) is 29.3. The molecule has 20 nitrogen and oxygen atoms in total. The van der Waals surface area contributed by atoms with Gasteiger partial charge in [-0.15, -0.1) is 0 Å². The zero-order chi connectivity index (χ0) is 62.6. The van der Waals surface area contributed by atoms with E-state index in [1.54, 1.807) is 70.0 Å². The van der Waals surface area contributed by atoms with Crippen molar-refractivity contribution in [3.05, 3.63) is 106 Å². The predicted octanol–water partition coefficient (Wildman–Crippen LogP) is 10.9. The largest absolute Gasteiger partial charge is 0.493 e. The Morgan fingerprint density at radius 2 is 0.953 bits per heavy atom. The van der Waals surface area contributed by atoms with Gasteiger partial charge in [-0.25, -0.2) is 9.97 Å². The van der Waals surface area contributed by atoms with Gasteiger partial charge in [-0.3, -0.25) is 24.2 Å². The molecule has 85 heavy (non-hydrogen) atoms. The second-order valence-electron chi connectivity index (χ2n) is 25.2. The van der Waals surface area contributed by atoms with E-state index in [0.29, 0.717) is 29.1 Å². The van der Waals surface area contributed by atoms with Gasteiger partial charge < -0.3 is 53.7 Å². The van der Waals surface area contributed by atoms with Gasteiger partial charge in [0.1, 0.15) is 11.6 Å². The van der Waals surface area contributed by atoms with Gasteiger partial charge in [0.05, 0.1) is 39.3 Å². The molecule has 20 heteroatoms. The monoisotopic (exact) mass is 1170 g/mol. The summed E-state index contributed by atoms with van der Waals surface area (Å²) in [6, 6.07) is 7.75. The summed E-state index contributed by atoms with van der Waals surface area (Å²) in [4.78, 5) is 61.0. The average molecular weight is 1170 g/mol. The van der Waals surface area contributed by atoms with Gasteiger partial charge in [0.15, 0.2) is 23.0 Å². The minimum Gasteiger partial charge on any atom is -0.493 e. The van der Waals surface area contributed by atoms with Crippen molar-refractivity contribution < 1.29 is 38.1 Å². The number of carbonyl (C=O) groups is 3. The van der Waals surface area contributed by atoms with E-state index in [-0.39, 0.29) is 11.3 Å². The lowest BCUT2D eigenvalue weighted by Gasteiger charge is -2.28. The molecule has 6 heterocycles. The molecule has 0 aliphatic carbocycles. The van der Waals surface area contributed by atoms with E-state index in [2.05, 4.69) is 83.5 Å². The Labute approximate surface area is 504 Å².